The van der Waals surface area contributed by atoms with E-state index in [1.807, 2.05) is 0 Å². The second-order valence-corrected chi connectivity index (χ2v) is 10.0. The van der Waals surface area contributed by atoms with E-state index in [1.165, 1.54) is 12.1 Å². The Kier molecular flexibility index (Phi) is 5.69. The Balaban J connectivity index is 2.07. The number of nitrogens with one attached hydrogen (secondary N) is 1. The molecule has 1 aliphatic heterocycles. The van der Waals surface area contributed by atoms with Crippen molar-refractivity contribution in [1.29, 1.82) is 0 Å². The molecule has 1 aliphatic rings. The molecule has 0 bridgehead atoms. The zero-order valence-electron chi connectivity index (χ0n) is 11.9. The van der Waals surface area contributed by atoms with E-state index in [1.54, 1.807) is 12.1 Å². The van der Waals surface area contributed by atoms with Crippen LogP contribution in [-0.4, -0.2) is 47.1 Å². The largest absolute Gasteiger partial charge is 0.512 e. The lowest BCUT2D eigenvalue weighted by molar-refractivity contribution is -0.0442. The van der Waals surface area contributed by atoms with Crippen LogP contribution in [0.3, 0.4) is 0 Å². The van der Waals surface area contributed by atoms with Crippen LogP contribution >= 0.6 is 0 Å². The van der Waals surface area contributed by atoms with Crippen molar-refractivity contribution in [1.82, 2.24) is 4.13 Å². The van der Waals surface area contributed by atoms with Gasteiger partial charge in [-0.1, -0.05) is 4.13 Å². The maximum Gasteiger partial charge on any atom is 0.512 e. The first-order valence-corrected chi connectivity index (χ1v) is 10.9. The topological polar surface area (TPSA) is 98.8 Å². The van der Waals surface area contributed by atoms with Crippen LogP contribution in [-0.2, 0) is 36.0 Å². The summed E-state index contributed by atoms with van der Waals surface area (Å²) in [7, 11) is -11.3. The molecule has 0 aromatic heterocycles. The third-order valence-electron chi connectivity index (χ3n) is 2.83. The van der Waals surface area contributed by atoms with Gasteiger partial charge in [-0.05, 0) is 24.3 Å². The molecule has 0 amide bonds. The molecule has 24 heavy (non-hydrogen) atoms. The summed E-state index contributed by atoms with van der Waals surface area (Å²) in [5.41, 5.74) is -5.77. The zero-order chi connectivity index (χ0) is 18.0. The fourth-order valence-electron chi connectivity index (χ4n) is 1.77. The molecular weight excluding hydrogens is 395 g/mol. The standard InChI is InChI=1S/C11H13F3NO6S3/c12-11(13,14)23(16,17)15-24(18,19)21-9-1-3-10(4-2-9)22-7-5-20-6-8-22/h1-4,15H,5-8H2/q+1. The minimum absolute atomic E-state index is 0.0574. The number of benzene rings is 1. The fraction of sp³-hybridized carbons (Fsp3) is 0.455. The van der Waals surface area contributed by atoms with Crippen molar-refractivity contribution >= 4 is 31.2 Å². The van der Waals surface area contributed by atoms with Gasteiger partial charge in [-0.25, -0.2) is 8.42 Å². The summed E-state index contributed by atoms with van der Waals surface area (Å²) in [5, 5.41) is 0. The van der Waals surface area contributed by atoms with Crippen molar-refractivity contribution in [3.63, 3.8) is 0 Å². The van der Waals surface area contributed by atoms with Crippen molar-refractivity contribution in [2.45, 2.75) is 10.4 Å². The lowest BCUT2D eigenvalue weighted by Crippen LogP contribution is -2.42. The SMILES string of the molecule is O=S(=O)(NS(=O)(=O)C(F)(F)F)Oc1ccc([S+]2CCOCC2)cc1. The maximum atomic E-state index is 12.2. The van der Waals surface area contributed by atoms with E-state index in [-0.39, 0.29) is 16.6 Å². The lowest BCUT2D eigenvalue weighted by Gasteiger charge is -2.14. The summed E-state index contributed by atoms with van der Waals surface area (Å²) < 4.78 is 91.1. The van der Waals surface area contributed by atoms with Crippen molar-refractivity contribution < 1.29 is 38.9 Å². The predicted octanol–water partition coefficient (Wildman–Crippen LogP) is 0.757. The Morgan fingerprint density at radius 3 is 2.08 bits per heavy atom. The third kappa shape index (κ3) is 4.99. The van der Waals surface area contributed by atoms with Crippen LogP contribution in [0.25, 0.3) is 0 Å². The van der Waals surface area contributed by atoms with E-state index in [0.29, 0.717) is 17.3 Å². The highest BCUT2D eigenvalue weighted by molar-refractivity contribution is 8.03. The summed E-state index contributed by atoms with van der Waals surface area (Å²) in [4.78, 5) is 0.930. The van der Waals surface area contributed by atoms with E-state index in [2.05, 4.69) is 4.18 Å². The van der Waals surface area contributed by atoms with E-state index >= 15 is 0 Å². The van der Waals surface area contributed by atoms with E-state index < -0.39 is 25.8 Å². The zero-order valence-corrected chi connectivity index (χ0v) is 14.4. The van der Waals surface area contributed by atoms with E-state index in [4.69, 9.17) is 4.74 Å². The summed E-state index contributed by atoms with van der Waals surface area (Å²) in [6, 6.07) is 5.66. The van der Waals surface area contributed by atoms with Gasteiger partial charge in [0.05, 0.1) is 13.2 Å². The Labute approximate surface area is 139 Å². The third-order valence-corrected chi connectivity index (χ3v) is 7.80. The second kappa shape index (κ2) is 7.07. The molecule has 1 heterocycles. The summed E-state index contributed by atoms with van der Waals surface area (Å²) in [5.74, 6) is 1.34. The predicted molar refractivity (Wildman–Crippen MR) is 80.3 cm³/mol. The molecule has 1 N–H and O–H groups in total. The average Bonchev–Trinajstić information content (AvgIpc) is 2.46. The molecule has 1 aromatic carbocycles. The van der Waals surface area contributed by atoms with Crippen molar-refractivity contribution in [3.05, 3.63) is 24.3 Å². The Morgan fingerprint density at radius 2 is 1.58 bits per heavy atom. The van der Waals surface area contributed by atoms with E-state index in [0.717, 1.165) is 16.4 Å². The summed E-state index contributed by atoms with van der Waals surface area (Å²) in [6.45, 7) is 1.24. The van der Waals surface area contributed by atoms with Crippen LogP contribution in [0.15, 0.2) is 29.2 Å². The normalized spacial score (nSPS) is 17.6. The first-order chi connectivity index (χ1) is 11.0. The fourth-order valence-corrected chi connectivity index (χ4v) is 5.56. The number of hydrogen-bond donors (Lipinski definition) is 1. The van der Waals surface area contributed by atoms with E-state index in [9.17, 15) is 30.0 Å². The van der Waals surface area contributed by atoms with Crippen LogP contribution in [0.5, 0.6) is 5.75 Å². The van der Waals surface area contributed by atoms with Crippen LogP contribution < -0.4 is 8.31 Å². The van der Waals surface area contributed by atoms with Crippen LogP contribution in [0, 0.1) is 0 Å². The smallest absolute Gasteiger partial charge is 0.372 e. The van der Waals surface area contributed by atoms with Crippen LogP contribution in [0.4, 0.5) is 13.2 Å². The number of ether oxygens (including phenoxy) is 1. The van der Waals surface area contributed by atoms with Crippen molar-refractivity contribution in [2.24, 2.45) is 0 Å². The number of rotatable bonds is 5. The maximum absolute atomic E-state index is 12.2. The van der Waals surface area contributed by atoms with Gasteiger partial charge in [0, 0.05) is 10.9 Å². The van der Waals surface area contributed by atoms with Gasteiger partial charge in [0.25, 0.3) is 0 Å². The molecule has 13 heteroatoms. The highest BCUT2D eigenvalue weighted by Crippen LogP contribution is 2.24. The Hall–Kier alpha value is -1.02. The molecule has 136 valence electrons. The summed E-state index contributed by atoms with van der Waals surface area (Å²) >= 11 is 0. The first-order valence-electron chi connectivity index (χ1n) is 6.40. The molecule has 0 unspecified atom stereocenters. The Bertz CT molecular complexity index is 770. The molecule has 7 nitrogen and oxygen atoms in total. The first kappa shape index (κ1) is 19.3. The van der Waals surface area contributed by atoms with Gasteiger partial charge < -0.3 is 8.92 Å². The molecule has 0 spiro atoms. The molecule has 0 atom stereocenters. The Morgan fingerprint density at radius 1 is 1.04 bits per heavy atom. The van der Waals surface area contributed by atoms with Crippen molar-refractivity contribution in [3.8, 4) is 5.75 Å². The van der Waals surface area contributed by atoms with Gasteiger partial charge in [-0.2, -0.15) is 21.6 Å². The molecule has 2 rings (SSSR count). The quantitative estimate of drug-likeness (QED) is 0.723. The van der Waals surface area contributed by atoms with Gasteiger partial charge in [-0.3, -0.25) is 0 Å². The number of hydrogen-bond acceptors (Lipinski definition) is 6. The minimum atomic E-state index is -6.08. The minimum Gasteiger partial charge on any atom is -0.372 e. The van der Waals surface area contributed by atoms with Gasteiger partial charge >= 0.3 is 25.8 Å². The highest BCUT2D eigenvalue weighted by Gasteiger charge is 2.48. The van der Waals surface area contributed by atoms with Crippen LogP contribution in [0.1, 0.15) is 0 Å². The molecule has 1 saturated heterocycles. The van der Waals surface area contributed by atoms with Gasteiger partial charge in [-0.15, -0.1) is 0 Å². The van der Waals surface area contributed by atoms with Gasteiger partial charge in [0.2, 0.25) is 0 Å². The monoisotopic (exact) mass is 408 g/mol. The van der Waals surface area contributed by atoms with Gasteiger partial charge in [0.15, 0.2) is 4.90 Å². The van der Waals surface area contributed by atoms with Crippen molar-refractivity contribution in [2.75, 3.05) is 24.7 Å². The average molecular weight is 408 g/mol. The number of sulfonamides is 1. The molecular formula is C11H13F3NO6S3+. The molecule has 0 radical (unpaired) electrons. The lowest BCUT2D eigenvalue weighted by atomic mass is 10.3. The summed E-state index contributed by atoms with van der Waals surface area (Å²) in [6.07, 6.45) is 0. The molecule has 0 aliphatic carbocycles. The van der Waals surface area contributed by atoms with Crippen LogP contribution in [0.2, 0.25) is 0 Å². The second-order valence-electron chi connectivity index (χ2n) is 4.55. The number of halogens is 3. The van der Waals surface area contributed by atoms with Gasteiger partial charge in [0.1, 0.15) is 17.3 Å². The number of alkyl halides is 3. The molecule has 1 aromatic rings. The molecule has 1 fully saturated rings. The molecule has 0 saturated carbocycles. The highest BCUT2D eigenvalue weighted by atomic mass is 32.3.